The summed E-state index contributed by atoms with van der Waals surface area (Å²) in [6.07, 6.45) is 0. The minimum absolute atomic E-state index is 0.132. The number of rotatable bonds is 3. The van der Waals surface area contributed by atoms with E-state index in [2.05, 4.69) is 17.6 Å². The van der Waals surface area contributed by atoms with E-state index in [4.69, 9.17) is 21.7 Å². The third-order valence-corrected chi connectivity index (χ3v) is 3.01. The van der Waals surface area contributed by atoms with Crippen molar-refractivity contribution in [1.29, 1.82) is 0 Å². The summed E-state index contributed by atoms with van der Waals surface area (Å²) in [5, 5.41) is 6.97. The molecule has 0 saturated carbocycles. The van der Waals surface area contributed by atoms with Gasteiger partial charge in [0.1, 0.15) is 13.2 Å². The third-order valence-electron chi connectivity index (χ3n) is 2.75. The van der Waals surface area contributed by atoms with Gasteiger partial charge in [-0.2, -0.15) is 0 Å². The highest BCUT2D eigenvalue weighted by atomic mass is 32.1. The average Bonchev–Trinajstić information content (AvgIpc) is 2.38. The molecule has 0 radical (unpaired) electrons. The van der Waals surface area contributed by atoms with E-state index in [1.807, 2.05) is 25.1 Å². The molecule has 18 heavy (non-hydrogen) atoms. The summed E-state index contributed by atoms with van der Waals surface area (Å²) in [7, 11) is 0. The first-order valence-corrected chi connectivity index (χ1v) is 6.55. The molecule has 0 aromatic heterocycles. The summed E-state index contributed by atoms with van der Waals surface area (Å²) >= 11 is 5.17. The Morgan fingerprint density at radius 3 is 2.78 bits per heavy atom. The fraction of sp³-hybridized carbons (Fsp3) is 0.462. The molecule has 1 aliphatic heterocycles. The summed E-state index contributed by atoms with van der Waals surface area (Å²) in [6, 6.07) is 6.10. The molecule has 2 N–H and O–H groups in total. The Balaban J connectivity index is 2.06. The van der Waals surface area contributed by atoms with Gasteiger partial charge in [0.2, 0.25) is 0 Å². The van der Waals surface area contributed by atoms with Crippen molar-refractivity contribution in [1.82, 2.24) is 10.6 Å². The maximum absolute atomic E-state index is 5.57. The molecule has 0 saturated heterocycles. The van der Waals surface area contributed by atoms with Gasteiger partial charge in [-0.1, -0.05) is 6.07 Å². The zero-order valence-corrected chi connectivity index (χ0v) is 11.5. The molecule has 0 amide bonds. The Bertz CT molecular complexity index is 437. The quantitative estimate of drug-likeness (QED) is 0.819. The van der Waals surface area contributed by atoms with Gasteiger partial charge in [0.15, 0.2) is 16.6 Å². The molecular weight excluding hydrogens is 248 g/mol. The van der Waals surface area contributed by atoms with Crippen LogP contribution < -0.4 is 20.1 Å². The lowest BCUT2D eigenvalue weighted by molar-refractivity contribution is 0.171. The Morgan fingerprint density at radius 2 is 2.06 bits per heavy atom. The van der Waals surface area contributed by atoms with E-state index in [-0.39, 0.29) is 6.04 Å². The Hall–Kier alpha value is -1.49. The van der Waals surface area contributed by atoms with Gasteiger partial charge in [0.25, 0.3) is 0 Å². The van der Waals surface area contributed by atoms with Crippen molar-refractivity contribution in [3.63, 3.8) is 0 Å². The van der Waals surface area contributed by atoms with Gasteiger partial charge in [0, 0.05) is 6.54 Å². The molecule has 0 spiro atoms. The maximum Gasteiger partial charge on any atom is 0.166 e. The molecule has 0 aliphatic carbocycles. The summed E-state index contributed by atoms with van der Waals surface area (Å²) in [4.78, 5) is 0. The van der Waals surface area contributed by atoms with E-state index in [0.29, 0.717) is 18.3 Å². The molecule has 2 rings (SSSR count). The number of hydrogen-bond donors (Lipinski definition) is 2. The van der Waals surface area contributed by atoms with Crippen LogP contribution in [0, 0.1) is 0 Å². The van der Waals surface area contributed by atoms with Gasteiger partial charge in [0.05, 0.1) is 6.04 Å². The molecule has 0 bridgehead atoms. The van der Waals surface area contributed by atoms with Gasteiger partial charge < -0.3 is 20.1 Å². The lowest BCUT2D eigenvalue weighted by Gasteiger charge is -2.21. The van der Waals surface area contributed by atoms with E-state index in [1.165, 1.54) is 0 Å². The van der Waals surface area contributed by atoms with Crippen molar-refractivity contribution in [2.75, 3.05) is 19.8 Å². The minimum Gasteiger partial charge on any atom is -0.486 e. The van der Waals surface area contributed by atoms with Crippen molar-refractivity contribution in [2.24, 2.45) is 0 Å². The second-order valence-electron chi connectivity index (χ2n) is 4.13. The molecule has 4 nitrogen and oxygen atoms in total. The van der Waals surface area contributed by atoms with Gasteiger partial charge in [-0.05, 0) is 43.8 Å². The number of benzene rings is 1. The Labute approximate surface area is 113 Å². The molecule has 1 aliphatic rings. The smallest absolute Gasteiger partial charge is 0.166 e. The molecule has 1 aromatic rings. The summed E-state index contributed by atoms with van der Waals surface area (Å²) in [6.45, 7) is 6.12. The van der Waals surface area contributed by atoms with Gasteiger partial charge >= 0.3 is 0 Å². The van der Waals surface area contributed by atoms with Crippen molar-refractivity contribution >= 4 is 17.3 Å². The van der Waals surface area contributed by atoms with Crippen molar-refractivity contribution in [3.8, 4) is 11.5 Å². The first-order valence-electron chi connectivity index (χ1n) is 6.14. The van der Waals surface area contributed by atoms with Crippen LogP contribution in [0.4, 0.5) is 0 Å². The highest BCUT2D eigenvalue weighted by Crippen LogP contribution is 2.32. The number of nitrogens with one attached hydrogen (secondary N) is 2. The summed E-state index contributed by atoms with van der Waals surface area (Å²) in [5.74, 6) is 1.62. The minimum atomic E-state index is 0.132. The maximum atomic E-state index is 5.57. The zero-order valence-electron chi connectivity index (χ0n) is 10.7. The Morgan fingerprint density at radius 1 is 1.33 bits per heavy atom. The number of ether oxygens (including phenoxy) is 2. The Kier molecular flexibility index (Phi) is 4.25. The SMILES string of the molecule is CCNC(=S)N[C@H](C)c1ccc2c(c1)OCCO2. The van der Waals surface area contributed by atoms with Crippen LogP contribution in [0.5, 0.6) is 11.5 Å². The fourth-order valence-electron chi connectivity index (χ4n) is 1.82. The van der Waals surface area contributed by atoms with E-state index >= 15 is 0 Å². The van der Waals surface area contributed by atoms with Crippen LogP contribution in [0.1, 0.15) is 25.5 Å². The molecule has 0 fully saturated rings. The van der Waals surface area contributed by atoms with Crippen molar-refractivity contribution in [3.05, 3.63) is 23.8 Å². The van der Waals surface area contributed by atoms with Gasteiger partial charge in [-0.3, -0.25) is 0 Å². The molecule has 98 valence electrons. The van der Waals surface area contributed by atoms with Crippen LogP contribution in [0.3, 0.4) is 0 Å². The summed E-state index contributed by atoms with van der Waals surface area (Å²) in [5.41, 5.74) is 1.12. The highest BCUT2D eigenvalue weighted by molar-refractivity contribution is 7.80. The second kappa shape index (κ2) is 5.91. The van der Waals surface area contributed by atoms with E-state index in [0.717, 1.165) is 23.6 Å². The number of thiocarbonyl (C=S) groups is 1. The molecule has 1 heterocycles. The largest absolute Gasteiger partial charge is 0.486 e. The van der Waals surface area contributed by atoms with Crippen molar-refractivity contribution in [2.45, 2.75) is 19.9 Å². The predicted molar refractivity (Wildman–Crippen MR) is 75.3 cm³/mol. The molecule has 1 atom stereocenters. The molecule has 1 aromatic carbocycles. The molecular formula is C13H18N2O2S. The standard InChI is InChI=1S/C13H18N2O2S/c1-3-14-13(18)15-9(2)10-4-5-11-12(8-10)17-7-6-16-11/h4-5,8-9H,3,6-7H2,1-2H3,(H2,14,15,18)/t9-/m1/s1. The lowest BCUT2D eigenvalue weighted by Crippen LogP contribution is -2.36. The predicted octanol–water partition coefficient (Wildman–Crippen LogP) is 2.00. The van der Waals surface area contributed by atoms with Crippen LogP contribution in [-0.2, 0) is 0 Å². The summed E-state index contributed by atoms with van der Waals surface area (Å²) < 4.78 is 11.1. The second-order valence-corrected chi connectivity index (χ2v) is 4.54. The molecule has 0 unspecified atom stereocenters. The normalized spacial score (nSPS) is 14.8. The highest BCUT2D eigenvalue weighted by Gasteiger charge is 2.14. The van der Waals surface area contributed by atoms with Gasteiger partial charge in [-0.25, -0.2) is 0 Å². The fourth-order valence-corrected chi connectivity index (χ4v) is 2.14. The van der Waals surface area contributed by atoms with Crippen LogP contribution in [0.25, 0.3) is 0 Å². The lowest BCUT2D eigenvalue weighted by atomic mass is 10.1. The number of hydrogen-bond acceptors (Lipinski definition) is 3. The van der Waals surface area contributed by atoms with Gasteiger partial charge in [-0.15, -0.1) is 0 Å². The third kappa shape index (κ3) is 3.04. The van der Waals surface area contributed by atoms with Crippen LogP contribution >= 0.6 is 12.2 Å². The average molecular weight is 266 g/mol. The van der Waals surface area contributed by atoms with Crippen molar-refractivity contribution < 1.29 is 9.47 Å². The first-order chi connectivity index (χ1) is 8.70. The molecule has 5 heteroatoms. The van der Waals surface area contributed by atoms with E-state index < -0.39 is 0 Å². The number of fused-ring (bicyclic) bond motifs is 1. The van der Waals surface area contributed by atoms with Crippen LogP contribution in [-0.4, -0.2) is 24.9 Å². The first kappa shape index (κ1) is 13.0. The monoisotopic (exact) mass is 266 g/mol. The van der Waals surface area contributed by atoms with E-state index in [1.54, 1.807) is 0 Å². The van der Waals surface area contributed by atoms with E-state index in [9.17, 15) is 0 Å². The van der Waals surface area contributed by atoms with Crippen LogP contribution in [0.15, 0.2) is 18.2 Å². The van der Waals surface area contributed by atoms with Crippen LogP contribution in [0.2, 0.25) is 0 Å². The zero-order chi connectivity index (χ0) is 13.0. The topological polar surface area (TPSA) is 42.5 Å².